The Morgan fingerprint density at radius 2 is 2.33 bits per heavy atom. The largest absolute Gasteiger partial charge is 0.396 e. The molecule has 0 bridgehead atoms. The second kappa shape index (κ2) is 6.11. The smallest absolute Gasteiger partial charge is 0.228 e. The number of nitrogens with one attached hydrogen (secondary N) is 1. The zero-order chi connectivity index (χ0) is 15.5. The molecule has 3 N–H and O–H groups in total. The predicted octanol–water partition coefficient (Wildman–Crippen LogP) is 1.03. The molecular weight excluding hydrogens is 314 g/mol. The molecule has 8 nitrogen and oxygen atoms in total. The Morgan fingerprint density at radius 3 is 2.90 bits per heavy atom. The standard InChI is InChI=1S/C11H13N5O3S2/c1-2-21(17,18)10-9(13)7(5-12)20-11(10)14-4-3-8-15-6-16-19-8/h6,14H,2-4,13H2,1H3. The summed E-state index contributed by atoms with van der Waals surface area (Å²) in [5, 5.41) is 15.8. The Labute approximate surface area is 125 Å². The fourth-order valence-electron chi connectivity index (χ4n) is 1.67. The summed E-state index contributed by atoms with van der Waals surface area (Å²) in [7, 11) is -3.51. The lowest BCUT2D eigenvalue weighted by Gasteiger charge is -2.06. The number of nitrogens with zero attached hydrogens (tertiary/aromatic N) is 3. The lowest BCUT2D eigenvalue weighted by molar-refractivity contribution is 0.380. The molecule has 0 saturated heterocycles. The Hall–Kier alpha value is -2.12. The van der Waals surface area contributed by atoms with Crippen molar-refractivity contribution in [3.8, 4) is 6.07 Å². The molecule has 0 aliphatic carbocycles. The Balaban J connectivity index is 2.24. The van der Waals surface area contributed by atoms with Gasteiger partial charge in [-0.3, -0.25) is 0 Å². The third kappa shape index (κ3) is 3.14. The van der Waals surface area contributed by atoms with Gasteiger partial charge in [0.1, 0.15) is 20.8 Å². The van der Waals surface area contributed by atoms with Gasteiger partial charge in [0.25, 0.3) is 0 Å². The minimum Gasteiger partial charge on any atom is -0.396 e. The molecule has 2 aromatic heterocycles. The quantitative estimate of drug-likeness (QED) is 0.803. The van der Waals surface area contributed by atoms with E-state index in [0.717, 1.165) is 11.3 Å². The Kier molecular flexibility index (Phi) is 4.44. The molecule has 0 aliphatic rings. The van der Waals surface area contributed by atoms with Gasteiger partial charge in [-0.05, 0) is 0 Å². The molecule has 0 spiro atoms. The van der Waals surface area contributed by atoms with Crippen LogP contribution in [0.2, 0.25) is 0 Å². The van der Waals surface area contributed by atoms with E-state index in [1.54, 1.807) is 0 Å². The highest BCUT2D eigenvalue weighted by Crippen LogP contribution is 2.39. The van der Waals surface area contributed by atoms with Gasteiger partial charge in [0.05, 0.1) is 11.4 Å². The van der Waals surface area contributed by atoms with E-state index in [1.807, 2.05) is 6.07 Å². The maximum Gasteiger partial charge on any atom is 0.228 e. The van der Waals surface area contributed by atoms with Crippen molar-refractivity contribution in [1.29, 1.82) is 5.26 Å². The van der Waals surface area contributed by atoms with Crippen LogP contribution in [0.5, 0.6) is 0 Å². The topological polar surface area (TPSA) is 135 Å². The van der Waals surface area contributed by atoms with Gasteiger partial charge in [-0.15, -0.1) is 11.3 Å². The van der Waals surface area contributed by atoms with E-state index in [1.165, 1.54) is 13.3 Å². The molecule has 0 amide bonds. The summed E-state index contributed by atoms with van der Waals surface area (Å²) in [6, 6.07) is 1.90. The number of nitrogens with two attached hydrogens (primary N) is 1. The zero-order valence-corrected chi connectivity index (χ0v) is 12.8. The summed E-state index contributed by atoms with van der Waals surface area (Å²) in [4.78, 5) is 4.04. The maximum absolute atomic E-state index is 12.1. The first kappa shape index (κ1) is 15.3. The van der Waals surface area contributed by atoms with Gasteiger partial charge in [0.2, 0.25) is 5.89 Å². The lowest BCUT2D eigenvalue weighted by Crippen LogP contribution is -2.11. The summed E-state index contributed by atoms with van der Waals surface area (Å²) in [5.74, 6) is 0.351. The molecule has 10 heteroatoms. The van der Waals surface area contributed by atoms with E-state index in [2.05, 4.69) is 15.5 Å². The van der Waals surface area contributed by atoms with Gasteiger partial charge >= 0.3 is 0 Å². The summed E-state index contributed by atoms with van der Waals surface area (Å²) in [6.45, 7) is 1.92. The second-order valence-electron chi connectivity index (χ2n) is 4.03. The average Bonchev–Trinajstić information content (AvgIpc) is 3.07. The van der Waals surface area contributed by atoms with Crippen LogP contribution in [-0.2, 0) is 16.3 Å². The number of hydrogen-bond donors (Lipinski definition) is 2. The van der Waals surface area contributed by atoms with Crippen LogP contribution in [0.25, 0.3) is 0 Å². The SMILES string of the molecule is CCS(=O)(=O)c1c(NCCc2ncno2)sc(C#N)c1N. The third-order valence-electron chi connectivity index (χ3n) is 2.72. The van der Waals surface area contributed by atoms with E-state index >= 15 is 0 Å². The van der Waals surface area contributed by atoms with Gasteiger partial charge in [0.15, 0.2) is 16.2 Å². The van der Waals surface area contributed by atoms with Gasteiger partial charge in [0, 0.05) is 13.0 Å². The van der Waals surface area contributed by atoms with Gasteiger partial charge in [-0.1, -0.05) is 12.1 Å². The van der Waals surface area contributed by atoms with Crippen LogP contribution in [0.15, 0.2) is 15.7 Å². The summed E-state index contributed by atoms with van der Waals surface area (Å²) < 4.78 is 29.0. The first-order valence-electron chi connectivity index (χ1n) is 6.04. The van der Waals surface area contributed by atoms with E-state index in [-0.39, 0.29) is 21.2 Å². The summed E-state index contributed by atoms with van der Waals surface area (Å²) >= 11 is 1.02. The molecule has 2 aromatic rings. The van der Waals surface area contributed by atoms with Crippen LogP contribution in [0.3, 0.4) is 0 Å². The van der Waals surface area contributed by atoms with E-state index in [9.17, 15) is 8.42 Å². The van der Waals surface area contributed by atoms with Crippen molar-refractivity contribution in [1.82, 2.24) is 10.1 Å². The number of sulfone groups is 1. The highest BCUT2D eigenvalue weighted by atomic mass is 32.2. The lowest BCUT2D eigenvalue weighted by atomic mass is 10.4. The summed E-state index contributed by atoms with van der Waals surface area (Å²) in [5.41, 5.74) is 5.77. The van der Waals surface area contributed by atoms with E-state index < -0.39 is 9.84 Å². The number of nitrogen functional groups attached to an aromatic ring is 1. The fraction of sp³-hybridized carbons (Fsp3) is 0.364. The molecule has 21 heavy (non-hydrogen) atoms. The van der Waals surface area contributed by atoms with Gasteiger partial charge in [-0.2, -0.15) is 10.2 Å². The van der Waals surface area contributed by atoms with Crippen molar-refractivity contribution < 1.29 is 12.9 Å². The first-order chi connectivity index (χ1) is 9.99. The predicted molar refractivity (Wildman–Crippen MR) is 77.7 cm³/mol. The molecule has 0 aliphatic heterocycles. The van der Waals surface area contributed by atoms with Crippen LogP contribution in [0, 0.1) is 11.3 Å². The third-order valence-corrected chi connectivity index (χ3v) is 5.73. The monoisotopic (exact) mass is 327 g/mol. The van der Waals surface area contributed by atoms with Gasteiger partial charge < -0.3 is 15.6 Å². The normalized spacial score (nSPS) is 11.2. The molecule has 0 fully saturated rings. The number of nitriles is 1. The van der Waals surface area contributed by atoms with Crippen LogP contribution in [0.4, 0.5) is 10.7 Å². The number of aromatic nitrogens is 2. The molecule has 2 heterocycles. The minimum atomic E-state index is -3.51. The molecular formula is C11H13N5O3S2. The fourth-order valence-corrected chi connectivity index (χ4v) is 4.16. The van der Waals surface area contributed by atoms with Crippen molar-refractivity contribution in [2.24, 2.45) is 0 Å². The van der Waals surface area contributed by atoms with Gasteiger partial charge in [-0.25, -0.2) is 8.42 Å². The van der Waals surface area contributed by atoms with Crippen LogP contribution < -0.4 is 11.1 Å². The van der Waals surface area contributed by atoms with E-state index in [4.69, 9.17) is 15.5 Å². The number of rotatable bonds is 6. The molecule has 112 valence electrons. The van der Waals surface area contributed by atoms with Crippen LogP contribution >= 0.6 is 11.3 Å². The van der Waals surface area contributed by atoms with Crippen molar-refractivity contribution in [2.45, 2.75) is 18.2 Å². The zero-order valence-electron chi connectivity index (χ0n) is 11.2. The Bertz CT molecular complexity index is 759. The summed E-state index contributed by atoms with van der Waals surface area (Å²) in [6.07, 6.45) is 1.73. The molecule has 0 atom stereocenters. The van der Waals surface area contributed by atoms with Crippen LogP contribution in [0.1, 0.15) is 17.7 Å². The van der Waals surface area contributed by atoms with Crippen LogP contribution in [-0.4, -0.2) is 30.9 Å². The highest BCUT2D eigenvalue weighted by Gasteiger charge is 2.25. The number of hydrogen-bond acceptors (Lipinski definition) is 9. The highest BCUT2D eigenvalue weighted by molar-refractivity contribution is 7.91. The van der Waals surface area contributed by atoms with Crippen molar-refractivity contribution in [3.05, 3.63) is 17.1 Å². The van der Waals surface area contributed by atoms with E-state index in [0.29, 0.717) is 23.9 Å². The number of thiophene rings is 1. The average molecular weight is 327 g/mol. The van der Waals surface area contributed by atoms with Crippen molar-refractivity contribution >= 4 is 31.9 Å². The minimum absolute atomic E-state index is 0.00270. The number of anilines is 2. The van der Waals surface area contributed by atoms with Crippen molar-refractivity contribution in [3.63, 3.8) is 0 Å². The second-order valence-corrected chi connectivity index (χ2v) is 7.27. The van der Waals surface area contributed by atoms with Crippen molar-refractivity contribution in [2.75, 3.05) is 23.3 Å². The molecule has 2 rings (SSSR count). The molecule has 0 aromatic carbocycles. The molecule has 0 unspecified atom stereocenters. The Morgan fingerprint density at radius 1 is 1.57 bits per heavy atom. The maximum atomic E-state index is 12.1. The molecule has 0 radical (unpaired) electrons. The first-order valence-corrected chi connectivity index (χ1v) is 8.51. The molecule has 0 saturated carbocycles.